The summed E-state index contributed by atoms with van der Waals surface area (Å²) in [6, 6.07) is 3.52. The second-order valence-electron chi connectivity index (χ2n) is 3.38. The summed E-state index contributed by atoms with van der Waals surface area (Å²) < 4.78 is 37.3. The van der Waals surface area contributed by atoms with Crippen LogP contribution in [-0.4, -0.2) is 6.54 Å². The number of hydrogen-bond acceptors (Lipinski definition) is 1. The van der Waals surface area contributed by atoms with Gasteiger partial charge in [-0.1, -0.05) is 34.9 Å². The van der Waals surface area contributed by atoms with Crippen molar-refractivity contribution in [1.29, 1.82) is 0 Å². The molecule has 0 saturated carbocycles. The molecule has 0 aliphatic carbocycles. The first-order chi connectivity index (χ1) is 8.45. The molecule has 1 aromatic rings. The molecule has 0 aliphatic rings. The summed E-state index contributed by atoms with van der Waals surface area (Å²) >= 11 is 5.56. The third-order valence-electron chi connectivity index (χ3n) is 2.07. The molecule has 1 rings (SSSR count). The standard InChI is InChI=1S/C11H9ClF3N3/c12-10-7-8(3-1-2-6-17-18-16)4-5-9(10)11(13,14)15/h1,3-5,7H,2,6H2. The van der Waals surface area contributed by atoms with Gasteiger partial charge in [0.15, 0.2) is 0 Å². The number of rotatable bonds is 4. The first-order valence-electron chi connectivity index (χ1n) is 4.99. The molecule has 0 aliphatic heterocycles. The Kier molecular flexibility index (Phi) is 5.07. The molecule has 0 amide bonds. The molecule has 0 fully saturated rings. The van der Waals surface area contributed by atoms with Gasteiger partial charge >= 0.3 is 6.18 Å². The van der Waals surface area contributed by atoms with E-state index in [1.54, 1.807) is 12.2 Å². The summed E-state index contributed by atoms with van der Waals surface area (Å²) in [5.41, 5.74) is 7.75. The molecule has 0 heterocycles. The molecule has 3 nitrogen and oxygen atoms in total. The van der Waals surface area contributed by atoms with Crippen molar-refractivity contribution < 1.29 is 13.2 Å². The second kappa shape index (κ2) is 6.33. The molecular weight excluding hydrogens is 267 g/mol. The van der Waals surface area contributed by atoms with Gasteiger partial charge in [0, 0.05) is 11.5 Å². The quantitative estimate of drug-likeness (QED) is 0.319. The van der Waals surface area contributed by atoms with Gasteiger partial charge in [-0.15, -0.1) is 0 Å². The van der Waals surface area contributed by atoms with Crippen molar-refractivity contribution in [3.05, 3.63) is 50.9 Å². The molecule has 7 heteroatoms. The van der Waals surface area contributed by atoms with Crippen LogP contribution in [0.1, 0.15) is 17.5 Å². The summed E-state index contributed by atoms with van der Waals surface area (Å²) in [5.74, 6) is 0. The van der Waals surface area contributed by atoms with Crippen LogP contribution in [0.4, 0.5) is 13.2 Å². The van der Waals surface area contributed by atoms with Crippen molar-refractivity contribution in [2.75, 3.05) is 6.54 Å². The van der Waals surface area contributed by atoms with Crippen molar-refractivity contribution in [3.8, 4) is 0 Å². The fourth-order valence-corrected chi connectivity index (χ4v) is 1.56. The van der Waals surface area contributed by atoms with Gasteiger partial charge in [0.05, 0.1) is 10.6 Å². The highest BCUT2D eigenvalue weighted by atomic mass is 35.5. The Morgan fingerprint density at radius 3 is 2.67 bits per heavy atom. The van der Waals surface area contributed by atoms with Crippen LogP contribution in [0.3, 0.4) is 0 Å². The lowest BCUT2D eigenvalue weighted by molar-refractivity contribution is -0.137. The Balaban J connectivity index is 2.76. The van der Waals surface area contributed by atoms with E-state index < -0.39 is 11.7 Å². The Morgan fingerprint density at radius 2 is 2.11 bits per heavy atom. The van der Waals surface area contributed by atoms with Gasteiger partial charge in [-0.25, -0.2) is 0 Å². The zero-order valence-corrected chi connectivity index (χ0v) is 9.91. The number of alkyl halides is 3. The van der Waals surface area contributed by atoms with Crippen LogP contribution >= 0.6 is 11.6 Å². The molecule has 0 atom stereocenters. The van der Waals surface area contributed by atoms with Crippen LogP contribution in [0.2, 0.25) is 5.02 Å². The number of azide groups is 1. The minimum absolute atomic E-state index is 0.307. The highest BCUT2D eigenvalue weighted by Crippen LogP contribution is 2.35. The Labute approximate surface area is 107 Å². The topological polar surface area (TPSA) is 48.8 Å². The van der Waals surface area contributed by atoms with Gasteiger partial charge in [-0.2, -0.15) is 13.2 Å². The summed E-state index contributed by atoms with van der Waals surface area (Å²) in [6.45, 7) is 0.307. The highest BCUT2D eigenvalue weighted by molar-refractivity contribution is 6.31. The summed E-state index contributed by atoms with van der Waals surface area (Å²) in [7, 11) is 0. The van der Waals surface area contributed by atoms with E-state index in [9.17, 15) is 13.2 Å². The normalized spacial score (nSPS) is 11.6. The first-order valence-corrected chi connectivity index (χ1v) is 5.37. The average Bonchev–Trinajstić information content (AvgIpc) is 2.27. The predicted octanol–water partition coefficient (Wildman–Crippen LogP) is 5.07. The molecule has 0 radical (unpaired) electrons. The largest absolute Gasteiger partial charge is 0.417 e. The van der Waals surface area contributed by atoms with E-state index in [4.69, 9.17) is 17.1 Å². The van der Waals surface area contributed by atoms with Crippen LogP contribution < -0.4 is 0 Å². The molecule has 0 N–H and O–H groups in total. The van der Waals surface area contributed by atoms with Crippen LogP contribution in [0.5, 0.6) is 0 Å². The maximum absolute atomic E-state index is 12.4. The van der Waals surface area contributed by atoms with Crippen LogP contribution in [0, 0.1) is 0 Å². The van der Waals surface area contributed by atoms with E-state index >= 15 is 0 Å². The lowest BCUT2D eigenvalue weighted by Crippen LogP contribution is -2.05. The van der Waals surface area contributed by atoms with Crippen LogP contribution in [0.25, 0.3) is 16.5 Å². The zero-order chi connectivity index (χ0) is 13.6. The van der Waals surface area contributed by atoms with Gasteiger partial charge in [0.2, 0.25) is 0 Å². The number of nitrogens with zero attached hydrogens (tertiary/aromatic N) is 3. The lowest BCUT2D eigenvalue weighted by atomic mass is 10.1. The molecule has 0 spiro atoms. The maximum Gasteiger partial charge on any atom is 0.417 e. The Hall–Kier alpha value is -1.65. The molecule has 0 unspecified atom stereocenters. The number of hydrogen-bond donors (Lipinski definition) is 0. The second-order valence-corrected chi connectivity index (χ2v) is 3.79. The van der Waals surface area contributed by atoms with Crippen molar-refractivity contribution in [1.82, 2.24) is 0 Å². The van der Waals surface area contributed by atoms with E-state index in [0.717, 1.165) is 6.07 Å². The molecule has 0 saturated heterocycles. The summed E-state index contributed by atoms with van der Waals surface area (Å²) in [6.07, 6.45) is -0.601. The monoisotopic (exact) mass is 275 g/mol. The average molecular weight is 276 g/mol. The number of benzene rings is 1. The third-order valence-corrected chi connectivity index (χ3v) is 2.38. The minimum atomic E-state index is -4.44. The molecule has 96 valence electrons. The van der Waals surface area contributed by atoms with E-state index in [1.807, 2.05) is 0 Å². The van der Waals surface area contributed by atoms with Crippen molar-refractivity contribution in [2.45, 2.75) is 12.6 Å². The highest BCUT2D eigenvalue weighted by Gasteiger charge is 2.32. The zero-order valence-electron chi connectivity index (χ0n) is 9.15. The van der Waals surface area contributed by atoms with E-state index in [2.05, 4.69) is 10.0 Å². The first kappa shape index (κ1) is 14.4. The van der Waals surface area contributed by atoms with Gasteiger partial charge < -0.3 is 0 Å². The Morgan fingerprint density at radius 1 is 1.39 bits per heavy atom. The molecule has 1 aromatic carbocycles. The van der Waals surface area contributed by atoms with E-state index in [-0.39, 0.29) is 5.02 Å². The number of halogens is 4. The summed E-state index contributed by atoms with van der Waals surface area (Å²) in [4.78, 5) is 2.58. The van der Waals surface area contributed by atoms with Gasteiger partial charge in [-0.05, 0) is 29.6 Å². The van der Waals surface area contributed by atoms with Crippen molar-refractivity contribution in [3.63, 3.8) is 0 Å². The Bertz CT molecular complexity index is 491. The van der Waals surface area contributed by atoms with Gasteiger partial charge in [0.1, 0.15) is 0 Å². The third kappa shape index (κ3) is 4.31. The lowest BCUT2D eigenvalue weighted by Gasteiger charge is -2.08. The van der Waals surface area contributed by atoms with Crippen LogP contribution in [-0.2, 0) is 6.18 Å². The molecule has 0 aromatic heterocycles. The van der Waals surface area contributed by atoms with Gasteiger partial charge in [0.25, 0.3) is 0 Å². The van der Waals surface area contributed by atoms with E-state index in [0.29, 0.717) is 18.5 Å². The predicted molar refractivity (Wildman–Crippen MR) is 64.1 cm³/mol. The fraction of sp³-hybridized carbons (Fsp3) is 0.273. The maximum atomic E-state index is 12.4. The SMILES string of the molecule is [N-]=[N+]=NCCC=Cc1ccc(C(F)(F)F)c(Cl)c1. The van der Waals surface area contributed by atoms with Crippen molar-refractivity contribution >= 4 is 17.7 Å². The smallest absolute Gasteiger partial charge is 0.166 e. The van der Waals surface area contributed by atoms with Crippen molar-refractivity contribution in [2.24, 2.45) is 5.11 Å². The van der Waals surface area contributed by atoms with Gasteiger partial charge in [-0.3, -0.25) is 0 Å². The summed E-state index contributed by atoms with van der Waals surface area (Å²) in [5, 5.41) is 2.99. The van der Waals surface area contributed by atoms with Crippen LogP contribution in [0.15, 0.2) is 29.4 Å². The minimum Gasteiger partial charge on any atom is -0.166 e. The van der Waals surface area contributed by atoms with E-state index in [1.165, 1.54) is 12.1 Å². The fourth-order valence-electron chi connectivity index (χ4n) is 1.26. The molecule has 0 bridgehead atoms. The molecule has 18 heavy (non-hydrogen) atoms. The molecular formula is C11H9ClF3N3.